The molecule has 0 saturated carbocycles. The van der Waals surface area contributed by atoms with Crippen molar-refractivity contribution in [1.29, 1.82) is 0 Å². The molecule has 1 rings (SSSR count). The van der Waals surface area contributed by atoms with Crippen molar-refractivity contribution in [3.05, 3.63) is 23.8 Å². The van der Waals surface area contributed by atoms with E-state index in [0.717, 1.165) is 0 Å². The number of carboxylic acid groups (broad SMARTS) is 1. The molecule has 0 saturated heterocycles. The van der Waals surface area contributed by atoms with Gasteiger partial charge in [-0.3, -0.25) is 4.79 Å². The molecule has 0 aliphatic rings. The normalized spacial score (nSPS) is 10.0. The number of carbonyl (C=O) groups is 2. The molecular formula is C13H18N2O4. The van der Waals surface area contributed by atoms with Crippen LogP contribution in [-0.4, -0.2) is 42.6 Å². The van der Waals surface area contributed by atoms with Crippen molar-refractivity contribution in [2.75, 3.05) is 26.4 Å². The quantitative estimate of drug-likeness (QED) is 0.596. The second kappa shape index (κ2) is 6.63. The first-order valence-corrected chi connectivity index (χ1v) is 5.87. The van der Waals surface area contributed by atoms with E-state index in [1.54, 1.807) is 20.2 Å². The lowest BCUT2D eigenvalue weighted by atomic mass is 10.2. The van der Waals surface area contributed by atoms with Crippen molar-refractivity contribution in [3.63, 3.8) is 0 Å². The number of rotatable bonds is 6. The standard InChI is InChI=1S/C13H18N2O4/c1-15(2)12(16)4-3-7-19-9-5-6-10(13(17)18)11(14)8-9/h5-6,8H,3-4,7,14H2,1-2H3,(H,17,18). The summed E-state index contributed by atoms with van der Waals surface area (Å²) in [7, 11) is 3.41. The van der Waals surface area contributed by atoms with Gasteiger partial charge in [-0.25, -0.2) is 4.79 Å². The van der Waals surface area contributed by atoms with Gasteiger partial charge in [0.2, 0.25) is 5.91 Å². The molecule has 0 bridgehead atoms. The van der Waals surface area contributed by atoms with Gasteiger partial charge in [-0.1, -0.05) is 0 Å². The first-order valence-electron chi connectivity index (χ1n) is 5.87. The third-order valence-electron chi connectivity index (χ3n) is 2.56. The SMILES string of the molecule is CN(C)C(=O)CCCOc1ccc(C(=O)O)c(N)c1. The molecule has 1 aromatic carbocycles. The van der Waals surface area contributed by atoms with Crippen LogP contribution in [0, 0.1) is 0 Å². The van der Waals surface area contributed by atoms with Crippen LogP contribution in [0.2, 0.25) is 0 Å². The van der Waals surface area contributed by atoms with Gasteiger partial charge in [0, 0.05) is 32.3 Å². The Morgan fingerprint density at radius 2 is 2.05 bits per heavy atom. The van der Waals surface area contributed by atoms with Gasteiger partial charge in [-0.2, -0.15) is 0 Å². The van der Waals surface area contributed by atoms with E-state index in [2.05, 4.69) is 0 Å². The zero-order chi connectivity index (χ0) is 14.4. The number of amides is 1. The highest BCUT2D eigenvalue weighted by molar-refractivity contribution is 5.93. The molecule has 0 spiro atoms. The highest BCUT2D eigenvalue weighted by Gasteiger charge is 2.08. The number of carboxylic acids is 1. The van der Waals surface area contributed by atoms with Gasteiger partial charge in [-0.15, -0.1) is 0 Å². The summed E-state index contributed by atoms with van der Waals surface area (Å²) in [5, 5.41) is 8.82. The van der Waals surface area contributed by atoms with Gasteiger partial charge in [0.05, 0.1) is 12.2 Å². The fourth-order valence-electron chi connectivity index (χ4n) is 1.46. The largest absolute Gasteiger partial charge is 0.494 e. The van der Waals surface area contributed by atoms with E-state index in [4.69, 9.17) is 15.6 Å². The summed E-state index contributed by atoms with van der Waals surface area (Å²) in [5.74, 6) is -0.523. The van der Waals surface area contributed by atoms with Crippen molar-refractivity contribution in [1.82, 2.24) is 4.90 Å². The van der Waals surface area contributed by atoms with Crippen LogP contribution < -0.4 is 10.5 Å². The van der Waals surface area contributed by atoms with E-state index in [9.17, 15) is 9.59 Å². The van der Waals surface area contributed by atoms with Gasteiger partial charge in [-0.05, 0) is 18.6 Å². The predicted octanol–water partition coefficient (Wildman–Crippen LogP) is 1.21. The lowest BCUT2D eigenvalue weighted by Crippen LogP contribution is -2.21. The van der Waals surface area contributed by atoms with Crippen LogP contribution >= 0.6 is 0 Å². The molecule has 0 aromatic heterocycles. The summed E-state index contributed by atoms with van der Waals surface area (Å²) in [5.41, 5.74) is 5.81. The molecule has 1 amide bonds. The van der Waals surface area contributed by atoms with Crippen molar-refractivity contribution in [2.45, 2.75) is 12.8 Å². The van der Waals surface area contributed by atoms with E-state index in [1.807, 2.05) is 0 Å². The van der Waals surface area contributed by atoms with Crippen molar-refractivity contribution in [2.24, 2.45) is 0 Å². The molecule has 0 aliphatic heterocycles. The second-order valence-corrected chi connectivity index (χ2v) is 4.29. The van der Waals surface area contributed by atoms with Crippen LogP contribution in [0.3, 0.4) is 0 Å². The molecule has 3 N–H and O–H groups in total. The average Bonchev–Trinajstić information content (AvgIpc) is 2.33. The Morgan fingerprint density at radius 3 is 2.58 bits per heavy atom. The molecule has 0 fully saturated rings. The van der Waals surface area contributed by atoms with E-state index < -0.39 is 5.97 Å². The maximum absolute atomic E-state index is 11.3. The number of ether oxygens (including phenoxy) is 1. The minimum Gasteiger partial charge on any atom is -0.494 e. The molecule has 6 heteroatoms. The average molecular weight is 266 g/mol. The summed E-state index contributed by atoms with van der Waals surface area (Å²) in [4.78, 5) is 23.6. The Hall–Kier alpha value is -2.24. The zero-order valence-electron chi connectivity index (χ0n) is 11.0. The summed E-state index contributed by atoms with van der Waals surface area (Å²) in [6.45, 7) is 0.380. The number of aromatic carboxylic acids is 1. The number of nitrogens with two attached hydrogens (primary N) is 1. The summed E-state index contributed by atoms with van der Waals surface area (Å²) < 4.78 is 5.41. The molecule has 6 nitrogen and oxygen atoms in total. The Morgan fingerprint density at radius 1 is 1.37 bits per heavy atom. The molecule has 104 valence electrons. The van der Waals surface area contributed by atoms with Gasteiger partial charge >= 0.3 is 5.97 Å². The number of benzene rings is 1. The molecule has 0 heterocycles. The lowest BCUT2D eigenvalue weighted by molar-refractivity contribution is -0.128. The number of anilines is 1. The van der Waals surface area contributed by atoms with Crippen LogP contribution in [0.1, 0.15) is 23.2 Å². The monoisotopic (exact) mass is 266 g/mol. The molecule has 1 aromatic rings. The Kier molecular flexibility index (Phi) is 5.17. The van der Waals surface area contributed by atoms with Gasteiger partial charge in [0.15, 0.2) is 0 Å². The maximum Gasteiger partial charge on any atom is 0.337 e. The van der Waals surface area contributed by atoms with Crippen LogP contribution in [-0.2, 0) is 4.79 Å². The van der Waals surface area contributed by atoms with Gasteiger partial charge < -0.3 is 20.5 Å². The topological polar surface area (TPSA) is 92.9 Å². The number of nitrogen functional groups attached to an aromatic ring is 1. The van der Waals surface area contributed by atoms with Crippen molar-refractivity contribution in [3.8, 4) is 5.75 Å². The molecule has 0 atom stereocenters. The zero-order valence-corrected chi connectivity index (χ0v) is 11.0. The molecule has 19 heavy (non-hydrogen) atoms. The minimum atomic E-state index is -1.07. The van der Waals surface area contributed by atoms with Crippen LogP contribution in [0.15, 0.2) is 18.2 Å². The van der Waals surface area contributed by atoms with Crippen LogP contribution in [0.4, 0.5) is 5.69 Å². The van der Waals surface area contributed by atoms with Gasteiger partial charge in [0.25, 0.3) is 0 Å². The number of hydrogen-bond donors (Lipinski definition) is 2. The van der Waals surface area contributed by atoms with Crippen molar-refractivity contribution >= 4 is 17.6 Å². The van der Waals surface area contributed by atoms with Crippen molar-refractivity contribution < 1.29 is 19.4 Å². The minimum absolute atomic E-state index is 0.0457. The Labute approximate surface area is 111 Å². The third kappa shape index (κ3) is 4.50. The highest BCUT2D eigenvalue weighted by atomic mass is 16.5. The number of carbonyl (C=O) groups excluding carboxylic acids is 1. The highest BCUT2D eigenvalue weighted by Crippen LogP contribution is 2.20. The number of nitrogens with zero attached hydrogens (tertiary/aromatic N) is 1. The van der Waals surface area contributed by atoms with Gasteiger partial charge in [0.1, 0.15) is 5.75 Å². The second-order valence-electron chi connectivity index (χ2n) is 4.29. The first kappa shape index (κ1) is 14.8. The Balaban J connectivity index is 2.44. The van der Waals surface area contributed by atoms with Crippen LogP contribution in [0.25, 0.3) is 0 Å². The third-order valence-corrected chi connectivity index (χ3v) is 2.56. The fourth-order valence-corrected chi connectivity index (χ4v) is 1.46. The number of hydrogen-bond acceptors (Lipinski definition) is 4. The summed E-state index contributed by atoms with van der Waals surface area (Å²) >= 11 is 0. The van der Waals surface area contributed by atoms with E-state index in [-0.39, 0.29) is 17.2 Å². The first-order chi connectivity index (χ1) is 8.91. The van der Waals surface area contributed by atoms with Crippen LogP contribution in [0.5, 0.6) is 5.75 Å². The lowest BCUT2D eigenvalue weighted by Gasteiger charge is -2.11. The molecule has 0 radical (unpaired) electrons. The predicted molar refractivity (Wildman–Crippen MR) is 71.2 cm³/mol. The molecule has 0 aliphatic carbocycles. The maximum atomic E-state index is 11.3. The molecule has 0 unspecified atom stereocenters. The summed E-state index contributed by atoms with van der Waals surface area (Å²) in [6.07, 6.45) is 1.01. The van der Waals surface area contributed by atoms with E-state index in [0.29, 0.717) is 25.2 Å². The summed E-state index contributed by atoms with van der Waals surface area (Å²) in [6, 6.07) is 4.42. The fraction of sp³-hybridized carbons (Fsp3) is 0.385. The van der Waals surface area contributed by atoms with E-state index >= 15 is 0 Å². The molecular weight excluding hydrogens is 248 g/mol. The van der Waals surface area contributed by atoms with E-state index in [1.165, 1.54) is 17.0 Å². The Bertz CT molecular complexity index is 472. The smallest absolute Gasteiger partial charge is 0.337 e.